The van der Waals surface area contributed by atoms with Crippen molar-refractivity contribution < 1.29 is 13.2 Å². The van der Waals surface area contributed by atoms with Crippen LogP contribution in [0.3, 0.4) is 0 Å². The summed E-state index contributed by atoms with van der Waals surface area (Å²) in [4.78, 5) is 15.8. The molecule has 0 aliphatic carbocycles. The predicted octanol–water partition coefficient (Wildman–Crippen LogP) is 3.15. The van der Waals surface area contributed by atoms with Crippen LogP contribution in [0, 0.1) is 6.92 Å². The molecule has 1 amide bonds. The van der Waals surface area contributed by atoms with Gasteiger partial charge in [0.2, 0.25) is 0 Å². The Bertz CT molecular complexity index is 1200. The molecule has 0 unspecified atom stereocenters. The van der Waals surface area contributed by atoms with Gasteiger partial charge in [0.05, 0.1) is 4.90 Å². The summed E-state index contributed by atoms with van der Waals surface area (Å²) in [5, 5.41) is 0. The van der Waals surface area contributed by atoms with Gasteiger partial charge >= 0.3 is 0 Å². The van der Waals surface area contributed by atoms with Gasteiger partial charge in [0.1, 0.15) is 0 Å². The van der Waals surface area contributed by atoms with E-state index in [-0.39, 0.29) is 16.4 Å². The fraction of sp³-hybridized carbons (Fsp3) is 0.0909. The molecule has 0 saturated carbocycles. The van der Waals surface area contributed by atoms with E-state index < -0.39 is 15.7 Å². The Hall–Kier alpha value is -3.45. The lowest BCUT2D eigenvalue weighted by Gasteiger charge is -2.13. The van der Waals surface area contributed by atoms with Gasteiger partial charge in [-0.2, -0.15) is 4.99 Å². The highest BCUT2D eigenvalue weighted by Gasteiger charge is 2.20. The fourth-order valence-corrected chi connectivity index (χ4v) is 4.01. The fourth-order valence-electron chi connectivity index (χ4n) is 3.10. The van der Waals surface area contributed by atoms with E-state index in [9.17, 15) is 13.2 Å². The Morgan fingerprint density at radius 3 is 1.97 bits per heavy atom. The van der Waals surface area contributed by atoms with Crippen LogP contribution in [0.5, 0.6) is 0 Å². The number of nitrogens with zero attached hydrogens (tertiary/aromatic N) is 1. The molecule has 3 aromatic carbocycles. The normalized spacial score (nSPS) is 11.1. The van der Waals surface area contributed by atoms with Gasteiger partial charge in [-0.05, 0) is 41.3 Å². The highest BCUT2D eigenvalue weighted by atomic mass is 32.2. The minimum atomic E-state index is -3.61. The molecule has 0 atom stereocenters. The average Bonchev–Trinajstić information content (AvgIpc) is 2.67. The van der Waals surface area contributed by atoms with Gasteiger partial charge in [-0.25, -0.2) is 8.42 Å². The third kappa shape index (κ3) is 4.52. The number of hydrogen-bond acceptors (Lipinski definition) is 3. The van der Waals surface area contributed by atoms with Crippen molar-refractivity contribution in [1.82, 2.24) is 0 Å². The maximum Gasteiger partial charge on any atom is 0.280 e. The summed E-state index contributed by atoms with van der Waals surface area (Å²) in [6.07, 6.45) is 1.11. The van der Waals surface area contributed by atoms with Gasteiger partial charge in [-0.3, -0.25) is 4.79 Å². The van der Waals surface area contributed by atoms with Crippen LogP contribution >= 0.6 is 0 Å². The van der Waals surface area contributed by atoms with Crippen molar-refractivity contribution in [2.75, 3.05) is 6.26 Å². The molecular formula is C22H21N3O3S. The zero-order valence-electron chi connectivity index (χ0n) is 16.1. The summed E-state index contributed by atoms with van der Waals surface area (Å²) >= 11 is 0. The van der Waals surface area contributed by atoms with Crippen LogP contribution in [0.25, 0.3) is 22.3 Å². The highest BCUT2D eigenvalue weighted by Crippen LogP contribution is 2.32. The number of sulfone groups is 1. The van der Waals surface area contributed by atoms with Gasteiger partial charge in [-0.1, -0.05) is 54.6 Å². The van der Waals surface area contributed by atoms with Gasteiger partial charge in [0.25, 0.3) is 5.91 Å². The number of aryl methyl sites for hydroxylation is 1. The molecule has 0 spiro atoms. The summed E-state index contributed by atoms with van der Waals surface area (Å²) < 4.78 is 24.9. The highest BCUT2D eigenvalue weighted by molar-refractivity contribution is 7.90. The number of amides is 1. The lowest BCUT2D eigenvalue weighted by Crippen LogP contribution is -2.24. The standard InChI is InChI=1S/C22H21N3O3S/c1-14-12-19(17-10-8-16(9-11-17)15-6-4-3-5-7-15)20(29(2,27)28)13-18(14)21(26)25-22(23)24/h3-13H,1-2H3,(H4,23,24,25,26). The van der Waals surface area contributed by atoms with Crippen molar-refractivity contribution in [2.45, 2.75) is 11.8 Å². The summed E-state index contributed by atoms with van der Waals surface area (Å²) in [5.74, 6) is -1.06. The molecule has 3 rings (SSSR count). The van der Waals surface area contributed by atoms with Gasteiger partial charge in [0, 0.05) is 17.4 Å². The molecule has 29 heavy (non-hydrogen) atoms. The van der Waals surface area contributed by atoms with E-state index >= 15 is 0 Å². The lowest BCUT2D eigenvalue weighted by atomic mass is 9.97. The molecule has 6 nitrogen and oxygen atoms in total. The van der Waals surface area contributed by atoms with Crippen LogP contribution in [-0.2, 0) is 9.84 Å². The molecule has 0 fully saturated rings. The molecule has 0 heterocycles. The molecule has 148 valence electrons. The predicted molar refractivity (Wildman–Crippen MR) is 115 cm³/mol. The molecule has 0 aliphatic heterocycles. The zero-order valence-corrected chi connectivity index (χ0v) is 16.9. The van der Waals surface area contributed by atoms with Crippen LogP contribution in [0.15, 0.2) is 76.6 Å². The Labute approximate surface area is 169 Å². The third-order valence-electron chi connectivity index (χ3n) is 4.49. The second kappa shape index (κ2) is 7.89. The van der Waals surface area contributed by atoms with Crippen molar-refractivity contribution in [3.63, 3.8) is 0 Å². The summed E-state index contributed by atoms with van der Waals surface area (Å²) in [5.41, 5.74) is 14.6. The largest absolute Gasteiger partial charge is 0.370 e. The SMILES string of the molecule is Cc1cc(-c2ccc(-c3ccccc3)cc2)c(S(C)(=O)=O)cc1C(=O)N=C(N)N. The maximum absolute atomic E-state index is 12.4. The van der Waals surface area contributed by atoms with Crippen molar-refractivity contribution in [3.05, 3.63) is 77.9 Å². The molecule has 0 bridgehead atoms. The van der Waals surface area contributed by atoms with Crippen LogP contribution in [0.2, 0.25) is 0 Å². The van der Waals surface area contributed by atoms with E-state index in [0.717, 1.165) is 22.9 Å². The van der Waals surface area contributed by atoms with Gasteiger partial charge in [-0.15, -0.1) is 0 Å². The second-order valence-electron chi connectivity index (χ2n) is 6.72. The van der Waals surface area contributed by atoms with E-state index in [1.807, 2.05) is 54.6 Å². The number of aliphatic imine (C=N–C) groups is 1. The minimum Gasteiger partial charge on any atom is -0.370 e. The number of carbonyl (C=O) groups excluding carboxylic acids is 1. The topological polar surface area (TPSA) is 116 Å². The number of hydrogen-bond donors (Lipinski definition) is 2. The van der Waals surface area contributed by atoms with E-state index in [4.69, 9.17) is 11.5 Å². The maximum atomic E-state index is 12.4. The molecular weight excluding hydrogens is 386 g/mol. The summed E-state index contributed by atoms with van der Waals surface area (Å²) in [6, 6.07) is 20.5. The minimum absolute atomic E-state index is 0.0460. The zero-order chi connectivity index (χ0) is 21.2. The molecule has 0 radical (unpaired) electrons. The van der Waals surface area contributed by atoms with E-state index in [2.05, 4.69) is 4.99 Å². The first-order chi connectivity index (χ1) is 13.7. The first-order valence-corrected chi connectivity index (χ1v) is 10.7. The Balaban J connectivity index is 2.13. The average molecular weight is 407 g/mol. The van der Waals surface area contributed by atoms with E-state index in [1.165, 1.54) is 6.07 Å². The van der Waals surface area contributed by atoms with E-state index in [0.29, 0.717) is 11.1 Å². The Kier molecular flexibility index (Phi) is 5.52. The molecule has 0 aromatic heterocycles. The van der Waals surface area contributed by atoms with Crippen LogP contribution in [0.4, 0.5) is 0 Å². The van der Waals surface area contributed by atoms with Crippen LogP contribution < -0.4 is 11.5 Å². The number of carbonyl (C=O) groups is 1. The first-order valence-electron chi connectivity index (χ1n) is 8.81. The van der Waals surface area contributed by atoms with Crippen molar-refractivity contribution in [2.24, 2.45) is 16.5 Å². The van der Waals surface area contributed by atoms with Crippen molar-refractivity contribution in [3.8, 4) is 22.3 Å². The summed E-state index contributed by atoms with van der Waals surface area (Å²) in [7, 11) is -3.61. The number of guanidine groups is 1. The molecule has 0 aliphatic rings. The number of nitrogens with two attached hydrogens (primary N) is 2. The first kappa shape index (κ1) is 20.3. The third-order valence-corrected chi connectivity index (χ3v) is 5.63. The lowest BCUT2D eigenvalue weighted by molar-refractivity contribution is 0.100. The number of benzene rings is 3. The Morgan fingerprint density at radius 1 is 0.862 bits per heavy atom. The van der Waals surface area contributed by atoms with Crippen molar-refractivity contribution >= 4 is 21.7 Å². The Morgan fingerprint density at radius 2 is 1.41 bits per heavy atom. The quantitative estimate of drug-likeness (QED) is 0.509. The smallest absolute Gasteiger partial charge is 0.280 e. The molecule has 0 saturated heterocycles. The number of rotatable bonds is 4. The van der Waals surface area contributed by atoms with Gasteiger partial charge < -0.3 is 11.5 Å². The monoisotopic (exact) mass is 407 g/mol. The molecule has 4 N–H and O–H groups in total. The van der Waals surface area contributed by atoms with Crippen molar-refractivity contribution in [1.29, 1.82) is 0 Å². The second-order valence-corrected chi connectivity index (χ2v) is 8.70. The summed E-state index contributed by atoms with van der Waals surface area (Å²) in [6.45, 7) is 1.71. The van der Waals surface area contributed by atoms with Gasteiger partial charge in [0.15, 0.2) is 15.8 Å². The van der Waals surface area contributed by atoms with Crippen LogP contribution in [0.1, 0.15) is 15.9 Å². The molecule has 7 heteroatoms. The van der Waals surface area contributed by atoms with Crippen LogP contribution in [-0.4, -0.2) is 26.5 Å². The van der Waals surface area contributed by atoms with E-state index in [1.54, 1.807) is 13.0 Å². The molecule has 3 aromatic rings.